The topological polar surface area (TPSA) is 46.1 Å². The van der Waals surface area contributed by atoms with Gasteiger partial charge in [-0.3, -0.25) is 0 Å². The van der Waals surface area contributed by atoms with E-state index in [-0.39, 0.29) is 6.10 Å². The van der Waals surface area contributed by atoms with E-state index in [0.717, 1.165) is 30.0 Å². The van der Waals surface area contributed by atoms with Crippen molar-refractivity contribution < 1.29 is 15.2 Å². The molecular weight excluding hydrogens is 178 g/mol. The first-order valence-electron chi connectivity index (χ1n) is 4.90. The van der Waals surface area contributed by atoms with Gasteiger partial charge in [0.2, 0.25) is 0 Å². The van der Waals surface area contributed by atoms with Gasteiger partial charge in [0.1, 0.15) is 24.1 Å². The first kappa shape index (κ1) is 9.34. The molecule has 0 aromatic heterocycles. The molecule has 3 heteroatoms. The molecule has 0 fully saturated rings. The molecule has 1 aliphatic rings. The minimum absolute atomic E-state index is 0.287. The summed E-state index contributed by atoms with van der Waals surface area (Å²) in [5.74, 6) is 1.92. The van der Waals surface area contributed by atoms with E-state index in [1.807, 2.05) is 6.07 Å². The van der Waals surface area contributed by atoms with Gasteiger partial charge >= 0.3 is 0 Å². The molecule has 1 aromatic carbocycles. The molecule has 1 aliphatic heterocycles. The average Bonchev–Trinajstić information content (AvgIpc) is 2.54. The van der Waals surface area contributed by atoms with Crippen LogP contribution < -0.4 is 15.2 Å². The molecule has 0 saturated heterocycles. The largest absolute Gasteiger partial charge is 0.496 e. The van der Waals surface area contributed by atoms with Crippen LogP contribution in [0.2, 0.25) is 0 Å². The Labute approximate surface area is 83.8 Å². The smallest absolute Gasteiger partial charge is 0.128 e. The van der Waals surface area contributed by atoms with E-state index in [9.17, 15) is 0 Å². The van der Waals surface area contributed by atoms with Crippen molar-refractivity contribution in [3.05, 3.63) is 23.3 Å². The molecule has 1 heterocycles. The maximum Gasteiger partial charge on any atom is 0.128 e. The number of quaternary nitrogens is 1. The van der Waals surface area contributed by atoms with E-state index in [1.165, 1.54) is 5.56 Å². The highest BCUT2D eigenvalue weighted by Gasteiger charge is 2.21. The Hall–Kier alpha value is -1.22. The highest BCUT2D eigenvalue weighted by molar-refractivity contribution is 5.48. The first-order chi connectivity index (χ1) is 6.74. The Bertz CT molecular complexity index is 316. The summed E-state index contributed by atoms with van der Waals surface area (Å²) < 4.78 is 11.0. The van der Waals surface area contributed by atoms with Crippen LogP contribution >= 0.6 is 0 Å². The lowest BCUT2D eigenvalue weighted by atomic mass is 10.1. The molecule has 0 spiro atoms. The van der Waals surface area contributed by atoms with Crippen molar-refractivity contribution in [1.82, 2.24) is 0 Å². The molecule has 3 nitrogen and oxygen atoms in total. The fourth-order valence-electron chi connectivity index (χ4n) is 1.87. The van der Waals surface area contributed by atoms with Crippen molar-refractivity contribution in [3.63, 3.8) is 0 Å². The second-order valence-corrected chi connectivity index (χ2v) is 3.65. The van der Waals surface area contributed by atoms with Crippen LogP contribution in [-0.4, -0.2) is 13.2 Å². The van der Waals surface area contributed by atoms with Crippen molar-refractivity contribution in [2.45, 2.75) is 26.0 Å². The van der Waals surface area contributed by atoms with Crippen LogP contribution in [0.4, 0.5) is 0 Å². The Morgan fingerprint density at radius 3 is 3.00 bits per heavy atom. The zero-order valence-electron chi connectivity index (χ0n) is 8.67. The lowest BCUT2D eigenvalue weighted by Gasteiger charge is -2.07. The molecule has 0 amide bonds. The molecule has 2 rings (SSSR count). The summed E-state index contributed by atoms with van der Waals surface area (Å²) in [5, 5.41) is 0. The van der Waals surface area contributed by atoms with Gasteiger partial charge in [-0.05, 0) is 19.1 Å². The maximum atomic E-state index is 5.67. The Morgan fingerprint density at radius 2 is 2.36 bits per heavy atom. The maximum absolute atomic E-state index is 5.67. The van der Waals surface area contributed by atoms with Crippen LogP contribution in [0.15, 0.2) is 12.1 Å². The van der Waals surface area contributed by atoms with Crippen molar-refractivity contribution in [2.75, 3.05) is 7.11 Å². The van der Waals surface area contributed by atoms with Gasteiger partial charge in [0.25, 0.3) is 0 Å². The molecule has 1 aromatic rings. The summed E-state index contributed by atoms with van der Waals surface area (Å²) >= 11 is 0. The number of rotatable bonds is 2. The van der Waals surface area contributed by atoms with Crippen LogP contribution in [0, 0.1) is 0 Å². The van der Waals surface area contributed by atoms with Crippen LogP contribution in [0.1, 0.15) is 18.1 Å². The first-order valence-corrected chi connectivity index (χ1v) is 4.90. The third-order valence-corrected chi connectivity index (χ3v) is 2.57. The third kappa shape index (κ3) is 1.44. The van der Waals surface area contributed by atoms with Crippen molar-refractivity contribution in [3.8, 4) is 11.5 Å². The number of hydrogen-bond donors (Lipinski definition) is 1. The summed E-state index contributed by atoms with van der Waals surface area (Å²) in [5.41, 5.74) is 6.23. The van der Waals surface area contributed by atoms with Crippen molar-refractivity contribution in [1.29, 1.82) is 0 Å². The number of ether oxygens (including phenoxy) is 2. The minimum Gasteiger partial charge on any atom is -0.496 e. The van der Waals surface area contributed by atoms with Gasteiger partial charge in [0, 0.05) is 12.0 Å². The zero-order valence-corrected chi connectivity index (χ0v) is 8.67. The van der Waals surface area contributed by atoms with Gasteiger partial charge in [-0.25, -0.2) is 0 Å². The predicted molar refractivity (Wildman–Crippen MR) is 53.4 cm³/mol. The number of benzene rings is 1. The van der Waals surface area contributed by atoms with Gasteiger partial charge in [-0.2, -0.15) is 0 Å². The summed E-state index contributed by atoms with van der Waals surface area (Å²) in [6.45, 7) is 2.81. The predicted octanol–water partition coefficient (Wildman–Crippen LogP) is 0.760. The van der Waals surface area contributed by atoms with E-state index in [0.29, 0.717) is 0 Å². The zero-order chi connectivity index (χ0) is 10.1. The Morgan fingerprint density at radius 1 is 1.57 bits per heavy atom. The Balaban J connectivity index is 2.43. The summed E-state index contributed by atoms with van der Waals surface area (Å²) in [7, 11) is 1.69. The van der Waals surface area contributed by atoms with Gasteiger partial charge in [0.05, 0.1) is 12.7 Å². The molecule has 0 radical (unpaired) electrons. The molecule has 0 saturated carbocycles. The minimum atomic E-state index is 0.287. The average molecular weight is 194 g/mol. The fraction of sp³-hybridized carbons (Fsp3) is 0.455. The molecule has 0 unspecified atom stereocenters. The molecule has 76 valence electrons. The lowest BCUT2D eigenvalue weighted by molar-refractivity contribution is -0.386. The van der Waals surface area contributed by atoms with Gasteiger partial charge in [-0.15, -0.1) is 0 Å². The van der Waals surface area contributed by atoms with Crippen molar-refractivity contribution >= 4 is 0 Å². The van der Waals surface area contributed by atoms with Gasteiger partial charge < -0.3 is 15.2 Å². The molecule has 0 bridgehead atoms. The normalized spacial score (nSPS) is 18.9. The second kappa shape index (κ2) is 3.50. The molecule has 0 aliphatic carbocycles. The van der Waals surface area contributed by atoms with Crippen LogP contribution in [0.5, 0.6) is 11.5 Å². The SMILES string of the molecule is COc1cc2c(cc1C[NH3+])O[C@@H](C)C2. The highest BCUT2D eigenvalue weighted by Crippen LogP contribution is 2.34. The number of hydrogen-bond acceptors (Lipinski definition) is 2. The highest BCUT2D eigenvalue weighted by atomic mass is 16.5. The summed E-state index contributed by atoms with van der Waals surface area (Å²) in [6.07, 6.45) is 1.26. The Kier molecular flexibility index (Phi) is 2.33. The van der Waals surface area contributed by atoms with E-state index in [2.05, 4.69) is 18.7 Å². The van der Waals surface area contributed by atoms with E-state index < -0.39 is 0 Å². The van der Waals surface area contributed by atoms with Crippen LogP contribution in [0.25, 0.3) is 0 Å². The van der Waals surface area contributed by atoms with Crippen LogP contribution in [0.3, 0.4) is 0 Å². The lowest BCUT2D eigenvalue weighted by Crippen LogP contribution is -2.47. The number of methoxy groups -OCH3 is 1. The summed E-state index contributed by atoms with van der Waals surface area (Å²) in [4.78, 5) is 0. The fourth-order valence-corrected chi connectivity index (χ4v) is 1.87. The standard InChI is InChI=1S/C11H15NO2/c1-7-3-8-4-10(13-2)9(6-12)5-11(8)14-7/h4-5,7H,3,6,12H2,1-2H3/p+1/t7-/m0/s1. The third-order valence-electron chi connectivity index (χ3n) is 2.57. The molecule has 3 N–H and O–H groups in total. The van der Waals surface area contributed by atoms with E-state index in [4.69, 9.17) is 9.47 Å². The van der Waals surface area contributed by atoms with E-state index in [1.54, 1.807) is 7.11 Å². The molecule has 14 heavy (non-hydrogen) atoms. The monoisotopic (exact) mass is 194 g/mol. The number of fused-ring (bicyclic) bond motifs is 1. The van der Waals surface area contributed by atoms with E-state index >= 15 is 0 Å². The second-order valence-electron chi connectivity index (χ2n) is 3.65. The molecule has 1 atom stereocenters. The summed E-state index contributed by atoms with van der Waals surface area (Å²) in [6, 6.07) is 4.12. The molecular formula is C11H16NO2+. The van der Waals surface area contributed by atoms with Gasteiger partial charge in [-0.1, -0.05) is 0 Å². The van der Waals surface area contributed by atoms with Crippen molar-refractivity contribution in [2.24, 2.45) is 0 Å². The van der Waals surface area contributed by atoms with Crippen LogP contribution in [-0.2, 0) is 13.0 Å². The van der Waals surface area contributed by atoms with Gasteiger partial charge in [0.15, 0.2) is 0 Å². The quantitative estimate of drug-likeness (QED) is 0.755.